The number of ketones is 1. The molecule has 3 nitrogen and oxygen atoms in total. The van der Waals surface area contributed by atoms with E-state index in [0.717, 1.165) is 33.0 Å². The van der Waals surface area contributed by atoms with E-state index in [-0.39, 0.29) is 17.4 Å². The van der Waals surface area contributed by atoms with Gasteiger partial charge >= 0.3 is 0 Å². The average Bonchev–Trinajstić information content (AvgIpc) is 2.75. The fourth-order valence-corrected chi connectivity index (χ4v) is 4.33. The SMILES string of the molecule is Cc1cc(C)c(C(=O)CSc2nnc(-c3ccc(F)cc3)c3ccccc23)cc1C. The van der Waals surface area contributed by atoms with Crippen molar-refractivity contribution in [1.29, 1.82) is 0 Å². The molecule has 0 aliphatic heterocycles. The Kier molecular flexibility index (Phi) is 5.64. The van der Waals surface area contributed by atoms with Gasteiger partial charge in [-0.3, -0.25) is 4.79 Å². The molecule has 0 N–H and O–H groups in total. The van der Waals surface area contributed by atoms with Gasteiger partial charge in [0.15, 0.2) is 5.78 Å². The number of hydrogen-bond acceptors (Lipinski definition) is 4. The zero-order valence-electron chi connectivity index (χ0n) is 17.1. The van der Waals surface area contributed by atoms with E-state index in [0.29, 0.717) is 10.7 Å². The van der Waals surface area contributed by atoms with Crippen molar-refractivity contribution in [3.8, 4) is 11.3 Å². The molecule has 1 heterocycles. The number of benzene rings is 3. The summed E-state index contributed by atoms with van der Waals surface area (Å²) < 4.78 is 13.3. The van der Waals surface area contributed by atoms with Crippen molar-refractivity contribution in [3.05, 3.63) is 88.7 Å². The van der Waals surface area contributed by atoms with Gasteiger partial charge in [0, 0.05) is 21.9 Å². The van der Waals surface area contributed by atoms with Gasteiger partial charge in [-0.05, 0) is 67.8 Å². The van der Waals surface area contributed by atoms with Gasteiger partial charge < -0.3 is 0 Å². The van der Waals surface area contributed by atoms with E-state index in [1.165, 1.54) is 29.5 Å². The number of rotatable bonds is 5. The summed E-state index contributed by atoms with van der Waals surface area (Å²) in [4.78, 5) is 12.9. The maximum Gasteiger partial charge on any atom is 0.173 e. The summed E-state index contributed by atoms with van der Waals surface area (Å²) in [7, 11) is 0. The van der Waals surface area contributed by atoms with Gasteiger partial charge in [-0.15, -0.1) is 10.2 Å². The molecule has 0 aliphatic rings. The lowest BCUT2D eigenvalue weighted by molar-refractivity contribution is 0.102. The van der Waals surface area contributed by atoms with E-state index < -0.39 is 0 Å². The highest BCUT2D eigenvalue weighted by Crippen LogP contribution is 2.32. The highest BCUT2D eigenvalue weighted by molar-refractivity contribution is 8.00. The molecular formula is C25H21FN2OS. The third-order valence-electron chi connectivity index (χ3n) is 5.25. The van der Waals surface area contributed by atoms with E-state index in [1.807, 2.05) is 44.2 Å². The first-order chi connectivity index (χ1) is 14.4. The molecule has 0 amide bonds. The molecule has 4 rings (SSSR count). The number of hydrogen-bond donors (Lipinski definition) is 0. The lowest BCUT2D eigenvalue weighted by atomic mass is 9.99. The zero-order chi connectivity index (χ0) is 21.3. The molecule has 0 spiro atoms. The number of Topliss-reactive ketones (excluding diaryl/α,β-unsaturated/α-hetero) is 1. The maximum atomic E-state index is 13.3. The Bertz CT molecular complexity index is 1250. The van der Waals surface area contributed by atoms with E-state index >= 15 is 0 Å². The van der Waals surface area contributed by atoms with Gasteiger partial charge in [-0.25, -0.2) is 4.39 Å². The van der Waals surface area contributed by atoms with Crippen molar-refractivity contribution in [2.45, 2.75) is 25.8 Å². The molecule has 0 bridgehead atoms. The molecule has 30 heavy (non-hydrogen) atoms. The highest BCUT2D eigenvalue weighted by Gasteiger charge is 2.15. The second kappa shape index (κ2) is 8.36. The van der Waals surface area contributed by atoms with Gasteiger partial charge in [-0.2, -0.15) is 0 Å². The zero-order valence-corrected chi connectivity index (χ0v) is 17.9. The second-order valence-electron chi connectivity index (χ2n) is 7.37. The molecule has 5 heteroatoms. The van der Waals surface area contributed by atoms with Crippen molar-refractivity contribution in [2.75, 3.05) is 5.75 Å². The fourth-order valence-electron chi connectivity index (χ4n) is 3.48. The topological polar surface area (TPSA) is 42.9 Å². The Hall–Kier alpha value is -3.05. The van der Waals surface area contributed by atoms with Crippen LogP contribution in [-0.2, 0) is 0 Å². The number of fused-ring (bicyclic) bond motifs is 1. The highest BCUT2D eigenvalue weighted by atomic mass is 32.2. The molecule has 150 valence electrons. The Balaban J connectivity index is 1.64. The number of halogens is 1. The van der Waals surface area contributed by atoms with Crippen LogP contribution in [0.25, 0.3) is 22.0 Å². The van der Waals surface area contributed by atoms with E-state index in [4.69, 9.17) is 0 Å². The first-order valence-electron chi connectivity index (χ1n) is 9.69. The third kappa shape index (κ3) is 3.98. The third-order valence-corrected chi connectivity index (χ3v) is 6.23. The summed E-state index contributed by atoms with van der Waals surface area (Å²) in [6.45, 7) is 6.04. The van der Waals surface area contributed by atoms with Crippen molar-refractivity contribution in [2.24, 2.45) is 0 Å². The Morgan fingerprint density at radius 3 is 2.27 bits per heavy atom. The van der Waals surface area contributed by atoms with Crippen LogP contribution < -0.4 is 0 Å². The number of carbonyl (C=O) groups is 1. The molecular weight excluding hydrogens is 395 g/mol. The van der Waals surface area contributed by atoms with Crippen molar-refractivity contribution in [3.63, 3.8) is 0 Å². The minimum atomic E-state index is -0.289. The summed E-state index contributed by atoms with van der Waals surface area (Å²) in [5.74, 6) is 0.0789. The van der Waals surface area contributed by atoms with Crippen LogP contribution in [0.2, 0.25) is 0 Å². The molecule has 3 aromatic carbocycles. The van der Waals surface area contributed by atoms with Crippen LogP contribution in [0.5, 0.6) is 0 Å². The summed E-state index contributed by atoms with van der Waals surface area (Å²) in [5, 5.41) is 11.4. The van der Waals surface area contributed by atoms with E-state index in [2.05, 4.69) is 23.2 Å². The summed E-state index contributed by atoms with van der Waals surface area (Å²) in [6.07, 6.45) is 0. The monoisotopic (exact) mass is 416 g/mol. The van der Waals surface area contributed by atoms with Gasteiger partial charge in [0.2, 0.25) is 0 Å². The fraction of sp³-hybridized carbons (Fsp3) is 0.160. The number of thioether (sulfide) groups is 1. The van der Waals surface area contributed by atoms with Crippen LogP contribution in [0.15, 0.2) is 65.7 Å². The summed E-state index contributed by atoms with van der Waals surface area (Å²) in [6, 6.07) is 18.1. The van der Waals surface area contributed by atoms with Crippen LogP contribution in [0.3, 0.4) is 0 Å². The van der Waals surface area contributed by atoms with Crippen LogP contribution >= 0.6 is 11.8 Å². The molecule has 0 atom stereocenters. The van der Waals surface area contributed by atoms with Crippen molar-refractivity contribution < 1.29 is 9.18 Å². The minimum Gasteiger partial charge on any atom is -0.293 e. The smallest absolute Gasteiger partial charge is 0.173 e. The maximum absolute atomic E-state index is 13.3. The van der Waals surface area contributed by atoms with Crippen LogP contribution in [0, 0.1) is 26.6 Å². The summed E-state index contributed by atoms with van der Waals surface area (Å²) >= 11 is 1.39. The Morgan fingerprint density at radius 1 is 0.867 bits per heavy atom. The van der Waals surface area contributed by atoms with Gasteiger partial charge in [0.05, 0.1) is 5.75 Å². The predicted molar refractivity (Wildman–Crippen MR) is 121 cm³/mol. The van der Waals surface area contributed by atoms with Crippen molar-refractivity contribution in [1.82, 2.24) is 10.2 Å². The van der Waals surface area contributed by atoms with Gasteiger partial charge in [0.25, 0.3) is 0 Å². The first kappa shape index (κ1) is 20.2. The van der Waals surface area contributed by atoms with Crippen LogP contribution in [-0.4, -0.2) is 21.7 Å². The van der Waals surface area contributed by atoms with E-state index in [1.54, 1.807) is 12.1 Å². The number of aryl methyl sites for hydroxylation is 3. The number of aromatic nitrogens is 2. The molecule has 1 aromatic heterocycles. The molecule has 0 fully saturated rings. The standard InChI is InChI=1S/C25H21FN2OS/c1-15-12-17(3)22(13-16(15)2)23(29)14-30-25-21-7-5-4-6-20(21)24(27-28-25)18-8-10-19(26)11-9-18/h4-13H,14H2,1-3H3. The Morgan fingerprint density at radius 2 is 1.53 bits per heavy atom. The van der Waals surface area contributed by atoms with Gasteiger partial charge in [-0.1, -0.05) is 42.1 Å². The Labute approximate surface area is 179 Å². The minimum absolute atomic E-state index is 0.0779. The van der Waals surface area contributed by atoms with E-state index in [9.17, 15) is 9.18 Å². The molecule has 0 unspecified atom stereocenters. The predicted octanol–water partition coefficient (Wildman–Crippen LogP) is 6.34. The molecule has 4 aromatic rings. The van der Waals surface area contributed by atoms with Crippen LogP contribution in [0.4, 0.5) is 4.39 Å². The molecule has 0 saturated heterocycles. The van der Waals surface area contributed by atoms with Gasteiger partial charge in [0.1, 0.15) is 16.5 Å². The second-order valence-corrected chi connectivity index (χ2v) is 8.33. The molecule has 0 aliphatic carbocycles. The first-order valence-corrected chi connectivity index (χ1v) is 10.7. The molecule has 0 saturated carbocycles. The van der Waals surface area contributed by atoms with Crippen LogP contribution in [0.1, 0.15) is 27.0 Å². The lowest BCUT2D eigenvalue weighted by Crippen LogP contribution is -2.06. The normalized spacial score (nSPS) is 11.1. The number of carbonyl (C=O) groups excluding carboxylic acids is 1. The quantitative estimate of drug-likeness (QED) is 0.281. The average molecular weight is 417 g/mol. The summed E-state index contributed by atoms with van der Waals surface area (Å²) in [5.41, 5.74) is 5.55. The lowest BCUT2D eigenvalue weighted by Gasteiger charge is -2.11. The number of nitrogens with zero attached hydrogens (tertiary/aromatic N) is 2. The molecule has 0 radical (unpaired) electrons. The largest absolute Gasteiger partial charge is 0.293 e. The van der Waals surface area contributed by atoms with Crippen molar-refractivity contribution >= 4 is 28.3 Å².